The third-order valence-electron chi connectivity index (χ3n) is 5.24. The first-order valence-corrected chi connectivity index (χ1v) is 8.02. The highest BCUT2D eigenvalue weighted by Gasteiger charge is 2.34. The second-order valence-electron chi connectivity index (χ2n) is 6.63. The van der Waals surface area contributed by atoms with E-state index in [0.29, 0.717) is 0 Å². The fraction of sp³-hybridized carbons (Fsp3) is 1.00. The van der Waals surface area contributed by atoms with Crippen LogP contribution in [0.25, 0.3) is 0 Å². The molecule has 0 aromatic rings. The maximum absolute atomic E-state index is 6.07. The van der Waals surface area contributed by atoms with Crippen molar-refractivity contribution in [1.29, 1.82) is 0 Å². The van der Waals surface area contributed by atoms with Gasteiger partial charge in [0.25, 0.3) is 0 Å². The van der Waals surface area contributed by atoms with Crippen LogP contribution in [0.15, 0.2) is 0 Å². The van der Waals surface area contributed by atoms with Gasteiger partial charge in [0.05, 0.1) is 0 Å². The highest BCUT2D eigenvalue weighted by Crippen LogP contribution is 2.35. The Hall–Kier alpha value is -0.0800. The van der Waals surface area contributed by atoms with Crippen molar-refractivity contribution in [2.24, 2.45) is 23.5 Å². The summed E-state index contributed by atoms with van der Waals surface area (Å²) < 4.78 is 0. The van der Waals surface area contributed by atoms with Gasteiger partial charge in [0.2, 0.25) is 0 Å². The third-order valence-corrected chi connectivity index (χ3v) is 5.24. The zero-order valence-corrected chi connectivity index (χ0v) is 13.0. The van der Waals surface area contributed by atoms with Crippen LogP contribution in [0.4, 0.5) is 0 Å². The van der Waals surface area contributed by atoms with Gasteiger partial charge in [-0.2, -0.15) is 0 Å². The van der Waals surface area contributed by atoms with E-state index in [1.54, 1.807) is 0 Å². The Morgan fingerprint density at radius 2 is 1.72 bits per heavy atom. The van der Waals surface area contributed by atoms with Crippen molar-refractivity contribution in [1.82, 2.24) is 5.32 Å². The van der Waals surface area contributed by atoms with Crippen LogP contribution in [0.1, 0.15) is 66.2 Å². The minimum atomic E-state index is 0.244. The molecule has 2 heteroatoms. The van der Waals surface area contributed by atoms with Gasteiger partial charge in [-0.1, -0.05) is 40.5 Å². The Kier molecular flexibility index (Phi) is 6.65. The minimum absolute atomic E-state index is 0.244. The molecule has 0 saturated heterocycles. The number of nitrogens with two attached hydrogens (primary N) is 1. The number of hydrogen-bond donors (Lipinski definition) is 2. The van der Waals surface area contributed by atoms with Crippen LogP contribution in [-0.4, -0.2) is 18.6 Å². The lowest BCUT2D eigenvalue weighted by Crippen LogP contribution is -2.54. The molecule has 0 unspecified atom stereocenters. The molecule has 1 fully saturated rings. The molecule has 18 heavy (non-hydrogen) atoms. The smallest absolute Gasteiger partial charge is 0.0304 e. The van der Waals surface area contributed by atoms with Crippen LogP contribution in [0.5, 0.6) is 0 Å². The van der Waals surface area contributed by atoms with Crippen molar-refractivity contribution in [3.05, 3.63) is 0 Å². The second kappa shape index (κ2) is 7.49. The lowest BCUT2D eigenvalue weighted by atomic mass is 9.72. The summed E-state index contributed by atoms with van der Waals surface area (Å²) in [4.78, 5) is 0. The van der Waals surface area contributed by atoms with Gasteiger partial charge < -0.3 is 11.1 Å². The van der Waals surface area contributed by atoms with Gasteiger partial charge in [0.15, 0.2) is 0 Å². The largest absolute Gasteiger partial charge is 0.329 e. The summed E-state index contributed by atoms with van der Waals surface area (Å²) in [5, 5.41) is 3.82. The second-order valence-corrected chi connectivity index (χ2v) is 6.63. The summed E-state index contributed by atoms with van der Waals surface area (Å²) in [5.41, 5.74) is 6.31. The molecule has 108 valence electrons. The monoisotopic (exact) mass is 254 g/mol. The molecule has 0 heterocycles. The van der Waals surface area contributed by atoms with E-state index >= 15 is 0 Å². The number of rotatable bonds is 7. The molecule has 0 atom stereocenters. The van der Waals surface area contributed by atoms with Gasteiger partial charge in [-0.25, -0.2) is 0 Å². The van der Waals surface area contributed by atoms with E-state index in [4.69, 9.17) is 5.73 Å². The maximum atomic E-state index is 6.07. The van der Waals surface area contributed by atoms with Gasteiger partial charge in [-0.3, -0.25) is 0 Å². The van der Waals surface area contributed by atoms with E-state index in [1.807, 2.05) is 0 Å². The van der Waals surface area contributed by atoms with Crippen LogP contribution >= 0.6 is 0 Å². The van der Waals surface area contributed by atoms with Crippen molar-refractivity contribution in [2.45, 2.75) is 71.8 Å². The molecule has 1 rings (SSSR count). The van der Waals surface area contributed by atoms with Crippen LogP contribution < -0.4 is 11.1 Å². The van der Waals surface area contributed by atoms with E-state index in [0.717, 1.165) is 30.8 Å². The van der Waals surface area contributed by atoms with Crippen molar-refractivity contribution in [2.75, 3.05) is 13.1 Å². The molecule has 1 saturated carbocycles. The zero-order valence-electron chi connectivity index (χ0n) is 13.0. The van der Waals surface area contributed by atoms with Crippen LogP contribution in [0.2, 0.25) is 0 Å². The molecule has 1 aliphatic carbocycles. The average molecular weight is 254 g/mol. The Labute approximate surface area is 114 Å². The van der Waals surface area contributed by atoms with Crippen molar-refractivity contribution < 1.29 is 0 Å². The molecule has 0 aliphatic heterocycles. The van der Waals surface area contributed by atoms with Crippen LogP contribution in [0.3, 0.4) is 0 Å². The Balaban J connectivity index is 2.45. The van der Waals surface area contributed by atoms with Gasteiger partial charge in [0, 0.05) is 12.1 Å². The topological polar surface area (TPSA) is 38.0 Å². The Morgan fingerprint density at radius 3 is 2.11 bits per heavy atom. The molecular formula is C16H34N2. The summed E-state index contributed by atoms with van der Waals surface area (Å²) in [6.45, 7) is 11.3. The molecule has 0 radical (unpaired) electrons. The Morgan fingerprint density at radius 1 is 1.17 bits per heavy atom. The number of hydrogen-bond acceptors (Lipinski definition) is 2. The molecule has 0 aromatic heterocycles. The van der Waals surface area contributed by atoms with Gasteiger partial charge in [-0.05, 0) is 50.0 Å². The average Bonchev–Trinajstić information content (AvgIpc) is 2.40. The fourth-order valence-corrected chi connectivity index (χ4v) is 3.25. The predicted molar refractivity (Wildman–Crippen MR) is 80.7 cm³/mol. The normalized spacial score (nSPS) is 29.2. The maximum Gasteiger partial charge on any atom is 0.0304 e. The molecule has 2 nitrogen and oxygen atoms in total. The summed E-state index contributed by atoms with van der Waals surface area (Å²) in [7, 11) is 0. The van der Waals surface area contributed by atoms with Gasteiger partial charge >= 0.3 is 0 Å². The standard InChI is InChI=1S/C16H34N2/c1-5-14(6-2)11-18-16(12-17)9-7-15(8-10-16)13(3)4/h13-15,18H,5-12,17H2,1-4H3. The molecule has 0 amide bonds. The van der Waals surface area contributed by atoms with Gasteiger partial charge in [-0.15, -0.1) is 0 Å². The third kappa shape index (κ3) is 4.24. The Bertz CT molecular complexity index is 213. The summed E-state index contributed by atoms with van der Waals surface area (Å²) in [6.07, 6.45) is 7.80. The van der Waals surface area contributed by atoms with E-state index in [1.165, 1.54) is 38.5 Å². The fourth-order valence-electron chi connectivity index (χ4n) is 3.25. The molecular weight excluding hydrogens is 220 g/mol. The lowest BCUT2D eigenvalue weighted by Gasteiger charge is -2.42. The van der Waals surface area contributed by atoms with Crippen molar-refractivity contribution in [3.63, 3.8) is 0 Å². The van der Waals surface area contributed by atoms with E-state index in [2.05, 4.69) is 33.0 Å². The van der Waals surface area contributed by atoms with Gasteiger partial charge in [0.1, 0.15) is 0 Å². The summed E-state index contributed by atoms with van der Waals surface area (Å²) >= 11 is 0. The van der Waals surface area contributed by atoms with Crippen LogP contribution in [-0.2, 0) is 0 Å². The van der Waals surface area contributed by atoms with E-state index in [-0.39, 0.29) is 5.54 Å². The lowest BCUT2D eigenvalue weighted by molar-refractivity contribution is 0.159. The van der Waals surface area contributed by atoms with Crippen molar-refractivity contribution >= 4 is 0 Å². The quantitative estimate of drug-likeness (QED) is 0.729. The zero-order chi connectivity index (χ0) is 13.6. The van der Waals surface area contributed by atoms with E-state index in [9.17, 15) is 0 Å². The molecule has 1 aliphatic rings. The molecule has 0 aromatic carbocycles. The first-order chi connectivity index (χ1) is 8.56. The summed E-state index contributed by atoms with van der Waals surface area (Å²) in [5.74, 6) is 2.57. The highest BCUT2D eigenvalue weighted by molar-refractivity contribution is 4.94. The molecule has 0 bridgehead atoms. The predicted octanol–water partition coefficient (Wildman–Crippen LogP) is 3.56. The van der Waals surface area contributed by atoms with Crippen molar-refractivity contribution in [3.8, 4) is 0 Å². The van der Waals surface area contributed by atoms with E-state index < -0.39 is 0 Å². The first kappa shape index (κ1) is 16.0. The first-order valence-electron chi connectivity index (χ1n) is 8.02. The SMILES string of the molecule is CCC(CC)CNC1(CN)CCC(C(C)C)CC1. The highest BCUT2D eigenvalue weighted by atomic mass is 15.0. The van der Waals surface area contributed by atoms with Crippen LogP contribution in [0, 0.1) is 17.8 Å². The molecule has 3 N–H and O–H groups in total. The summed E-state index contributed by atoms with van der Waals surface area (Å²) in [6, 6.07) is 0. The number of nitrogens with one attached hydrogen (secondary N) is 1. The molecule has 0 spiro atoms. The minimum Gasteiger partial charge on any atom is -0.329 e.